The van der Waals surface area contributed by atoms with E-state index >= 15 is 0 Å². The van der Waals surface area contributed by atoms with Crippen LogP contribution in [0.2, 0.25) is 0 Å². The lowest BCUT2D eigenvalue weighted by Crippen LogP contribution is -2.52. The van der Waals surface area contributed by atoms with Gasteiger partial charge in [0.25, 0.3) is 0 Å². The molecule has 1 aliphatic heterocycles. The smallest absolute Gasteiger partial charge is 0.312 e. The van der Waals surface area contributed by atoms with Gasteiger partial charge >= 0.3 is 6.03 Å². The highest BCUT2D eigenvalue weighted by molar-refractivity contribution is 7.89. The average Bonchev–Trinajstić information content (AvgIpc) is 2.65. The number of nitrogens with two attached hydrogens (primary N) is 1. The fraction of sp³-hybridized carbons (Fsp3) is 0.529. The Morgan fingerprint density at radius 1 is 1.15 bits per heavy atom. The Bertz CT molecular complexity index is 741. The van der Waals surface area contributed by atoms with E-state index in [1.165, 1.54) is 9.21 Å². The lowest BCUT2D eigenvalue weighted by Gasteiger charge is -2.34. The van der Waals surface area contributed by atoms with Gasteiger partial charge in [0.1, 0.15) is 0 Å². The molecule has 0 radical (unpaired) electrons. The Hall–Kier alpha value is -2.13. The summed E-state index contributed by atoms with van der Waals surface area (Å²) in [6.45, 7) is 5.02. The van der Waals surface area contributed by atoms with E-state index in [0.717, 1.165) is 12.0 Å². The van der Waals surface area contributed by atoms with Crippen molar-refractivity contribution in [3.8, 4) is 0 Å². The van der Waals surface area contributed by atoms with Gasteiger partial charge in [0, 0.05) is 26.2 Å². The molecular formula is C17H26N4O4S. The molecule has 0 saturated carbocycles. The maximum Gasteiger partial charge on any atom is 0.312 e. The second-order valence-electron chi connectivity index (χ2n) is 6.38. The minimum absolute atomic E-state index is 0.181. The minimum Gasteiger partial charge on any atom is -0.352 e. The maximum absolute atomic E-state index is 12.8. The number of urea groups is 1. The molecule has 1 atom stereocenters. The van der Waals surface area contributed by atoms with E-state index in [0.29, 0.717) is 5.92 Å². The van der Waals surface area contributed by atoms with Gasteiger partial charge in [0.05, 0.1) is 11.4 Å². The molecule has 0 bridgehead atoms. The van der Waals surface area contributed by atoms with Crippen LogP contribution in [-0.2, 0) is 14.8 Å². The van der Waals surface area contributed by atoms with E-state index in [2.05, 4.69) is 19.2 Å². The van der Waals surface area contributed by atoms with Crippen molar-refractivity contribution in [2.45, 2.75) is 31.1 Å². The molecule has 1 aromatic rings. The molecule has 0 aliphatic carbocycles. The number of amides is 3. The molecule has 0 aromatic heterocycles. The molecule has 1 aliphatic rings. The van der Waals surface area contributed by atoms with Gasteiger partial charge < -0.3 is 16.0 Å². The van der Waals surface area contributed by atoms with Gasteiger partial charge in [-0.1, -0.05) is 26.0 Å². The topological polar surface area (TPSA) is 113 Å². The first-order valence-corrected chi connectivity index (χ1v) is 10.1. The monoisotopic (exact) mass is 382 g/mol. The van der Waals surface area contributed by atoms with Crippen LogP contribution in [0.4, 0.5) is 4.79 Å². The Kier molecular flexibility index (Phi) is 6.60. The highest BCUT2D eigenvalue weighted by Gasteiger charge is 2.30. The average molecular weight is 382 g/mol. The molecule has 2 rings (SSSR count). The number of nitrogens with one attached hydrogen (secondary N) is 1. The fourth-order valence-corrected chi connectivity index (χ4v) is 4.23. The minimum atomic E-state index is -3.58. The van der Waals surface area contributed by atoms with Crippen molar-refractivity contribution in [3.05, 3.63) is 29.8 Å². The van der Waals surface area contributed by atoms with E-state index in [9.17, 15) is 18.0 Å². The molecule has 1 fully saturated rings. The zero-order valence-electron chi connectivity index (χ0n) is 15.1. The van der Waals surface area contributed by atoms with Gasteiger partial charge in [-0.25, -0.2) is 13.2 Å². The van der Waals surface area contributed by atoms with Crippen LogP contribution < -0.4 is 11.1 Å². The first-order valence-electron chi connectivity index (χ1n) is 8.67. The largest absolute Gasteiger partial charge is 0.352 e. The molecule has 26 heavy (non-hydrogen) atoms. The SMILES string of the molecule is CC[C@H](C)c1ccc(S(=O)(=O)N2CCN(C(=O)CNC(N)=O)CC2)cc1. The summed E-state index contributed by atoms with van der Waals surface area (Å²) < 4.78 is 26.9. The van der Waals surface area contributed by atoms with Gasteiger partial charge in [0.2, 0.25) is 15.9 Å². The first kappa shape index (κ1) is 20.2. The van der Waals surface area contributed by atoms with Gasteiger partial charge in [-0.3, -0.25) is 4.79 Å². The molecule has 3 amide bonds. The van der Waals surface area contributed by atoms with Crippen molar-refractivity contribution in [2.75, 3.05) is 32.7 Å². The molecule has 1 aromatic carbocycles. The zero-order valence-corrected chi connectivity index (χ0v) is 16.0. The molecule has 144 valence electrons. The summed E-state index contributed by atoms with van der Waals surface area (Å²) in [5.41, 5.74) is 6.06. The van der Waals surface area contributed by atoms with Gasteiger partial charge in [-0.15, -0.1) is 0 Å². The number of nitrogens with zero attached hydrogens (tertiary/aromatic N) is 2. The van der Waals surface area contributed by atoms with Crippen molar-refractivity contribution in [1.29, 1.82) is 0 Å². The number of carbonyl (C=O) groups excluding carboxylic acids is 2. The standard InChI is InChI=1S/C17H26N4O4S/c1-3-13(2)14-4-6-15(7-5-14)26(24,25)21-10-8-20(9-11-21)16(22)12-19-17(18)23/h4-7,13H,3,8-12H2,1-2H3,(H3,18,19,23)/t13-/m0/s1. The lowest BCUT2D eigenvalue weighted by atomic mass is 9.99. The van der Waals surface area contributed by atoms with Crippen molar-refractivity contribution in [3.63, 3.8) is 0 Å². The van der Waals surface area contributed by atoms with Crippen molar-refractivity contribution in [1.82, 2.24) is 14.5 Å². The number of hydrogen-bond donors (Lipinski definition) is 2. The molecule has 3 N–H and O–H groups in total. The third-order valence-electron chi connectivity index (χ3n) is 4.70. The number of primary amides is 1. The van der Waals surface area contributed by atoms with Crippen LogP contribution in [0, 0.1) is 0 Å². The van der Waals surface area contributed by atoms with Crippen LogP contribution in [0.3, 0.4) is 0 Å². The number of hydrogen-bond acceptors (Lipinski definition) is 4. The third-order valence-corrected chi connectivity index (χ3v) is 6.62. The lowest BCUT2D eigenvalue weighted by molar-refractivity contribution is -0.131. The van der Waals surface area contributed by atoms with Crippen LogP contribution in [-0.4, -0.2) is 62.3 Å². The van der Waals surface area contributed by atoms with Crippen molar-refractivity contribution < 1.29 is 18.0 Å². The van der Waals surface area contributed by atoms with E-state index < -0.39 is 16.1 Å². The quantitative estimate of drug-likeness (QED) is 0.754. The van der Waals surface area contributed by atoms with E-state index in [-0.39, 0.29) is 43.5 Å². The van der Waals surface area contributed by atoms with E-state index in [1.807, 2.05) is 12.1 Å². The van der Waals surface area contributed by atoms with E-state index in [4.69, 9.17) is 5.73 Å². The Balaban J connectivity index is 1.99. The van der Waals surface area contributed by atoms with Crippen LogP contribution in [0.5, 0.6) is 0 Å². The zero-order chi connectivity index (χ0) is 19.3. The predicted molar refractivity (Wildman–Crippen MR) is 98.1 cm³/mol. The molecule has 1 heterocycles. The van der Waals surface area contributed by atoms with Crippen molar-refractivity contribution in [2.24, 2.45) is 5.73 Å². The number of piperazine rings is 1. The summed E-state index contributed by atoms with van der Waals surface area (Å²) >= 11 is 0. The fourth-order valence-electron chi connectivity index (χ4n) is 2.81. The van der Waals surface area contributed by atoms with Crippen LogP contribution in [0.15, 0.2) is 29.2 Å². The van der Waals surface area contributed by atoms with Crippen LogP contribution >= 0.6 is 0 Å². The second kappa shape index (κ2) is 8.50. The number of sulfonamides is 1. The molecule has 9 heteroatoms. The van der Waals surface area contributed by atoms with Gasteiger partial charge in [-0.05, 0) is 30.0 Å². The summed E-state index contributed by atoms with van der Waals surface area (Å²) in [6, 6.07) is 6.24. The summed E-state index contributed by atoms with van der Waals surface area (Å²) in [5, 5.41) is 2.24. The Labute approximate surface area is 154 Å². The predicted octanol–water partition coefficient (Wildman–Crippen LogP) is 0.701. The van der Waals surface area contributed by atoms with Gasteiger partial charge in [0.15, 0.2) is 0 Å². The highest BCUT2D eigenvalue weighted by atomic mass is 32.2. The first-order chi connectivity index (χ1) is 12.3. The van der Waals surface area contributed by atoms with Crippen LogP contribution in [0.25, 0.3) is 0 Å². The number of benzene rings is 1. The highest BCUT2D eigenvalue weighted by Crippen LogP contribution is 2.23. The number of carbonyl (C=O) groups is 2. The van der Waals surface area contributed by atoms with Gasteiger partial charge in [-0.2, -0.15) is 4.31 Å². The third kappa shape index (κ3) is 4.73. The summed E-state index contributed by atoms with van der Waals surface area (Å²) in [6.07, 6.45) is 0.993. The van der Waals surface area contributed by atoms with Crippen LogP contribution in [0.1, 0.15) is 31.7 Å². The molecule has 0 spiro atoms. The Morgan fingerprint density at radius 2 is 1.73 bits per heavy atom. The maximum atomic E-state index is 12.8. The molecular weight excluding hydrogens is 356 g/mol. The number of rotatable bonds is 6. The second-order valence-corrected chi connectivity index (χ2v) is 8.32. The summed E-state index contributed by atoms with van der Waals surface area (Å²) in [7, 11) is -3.58. The molecule has 0 unspecified atom stereocenters. The normalized spacial score (nSPS) is 16.9. The van der Waals surface area contributed by atoms with Crippen molar-refractivity contribution >= 4 is 22.0 Å². The Morgan fingerprint density at radius 3 is 2.23 bits per heavy atom. The molecule has 8 nitrogen and oxygen atoms in total. The van der Waals surface area contributed by atoms with E-state index in [1.54, 1.807) is 12.1 Å². The summed E-state index contributed by atoms with van der Waals surface area (Å²) in [5.74, 6) is 0.106. The summed E-state index contributed by atoms with van der Waals surface area (Å²) in [4.78, 5) is 24.4. The molecule has 1 saturated heterocycles.